The molecule has 0 saturated heterocycles. The highest BCUT2D eigenvalue weighted by molar-refractivity contribution is 7.91. The summed E-state index contributed by atoms with van der Waals surface area (Å²) in [5.41, 5.74) is 6.06. The van der Waals surface area contributed by atoms with Crippen LogP contribution in [0, 0.1) is 11.7 Å². The molecular formula is C22H25Cl2FN2O5S. The first-order valence-electron chi connectivity index (χ1n) is 9.98. The Balaban J connectivity index is 0.00000385. The Morgan fingerprint density at radius 1 is 1.27 bits per heavy atom. The van der Waals surface area contributed by atoms with Gasteiger partial charge >= 0.3 is 0 Å². The number of anilines is 1. The van der Waals surface area contributed by atoms with Gasteiger partial charge in [0.15, 0.2) is 15.6 Å². The first kappa shape index (κ1) is 27.2. The molecule has 1 atom stereocenters. The second-order valence-electron chi connectivity index (χ2n) is 8.07. The van der Waals surface area contributed by atoms with Crippen LogP contribution in [0.2, 0.25) is 5.02 Å². The molecule has 1 amide bonds. The molecule has 2 N–H and O–H groups in total. The summed E-state index contributed by atoms with van der Waals surface area (Å²) in [6.45, 7) is 3.72. The molecule has 0 aliphatic carbocycles. The van der Waals surface area contributed by atoms with E-state index in [1.807, 2.05) is 13.8 Å². The van der Waals surface area contributed by atoms with Crippen molar-refractivity contribution in [3.05, 3.63) is 58.4 Å². The predicted octanol–water partition coefficient (Wildman–Crippen LogP) is 3.40. The first-order valence-corrected chi connectivity index (χ1v) is 12.0. The molecule has 2 aromatic rings. The van der Waals surface area contributed by atoms with Crippen molar-refractivity contribution in [3.63, 3.8) is 0 Å². The summed E-state index contributed by atoms with van der Waals surface area (Å²) in [4.78, 5) is 26.3. The van der Waals surface area contributed by atoms with Crippen LogP contribution in [0.15, 0.2) is 41.3 Å². The molecular weight excluding hydrogens is 494 g/mol. The van der Waals surface area contributed by atoms with E-state index in [2.05, 4.69) is 0 Å². The zero-order valence-electron chi connectivity index (χ0n) is 18.1. The standard InChI is InChI=1S/C22H24ClFN2O5S.ClH/c1-13(2)10-31-11-20(27)16-7-19-21(8-17(16)24)32(29,30)12-18(25)22(28)26(19)9-14-3-5-15(23)6-4-14;/h3-8,13,18H,9-12,25H2,1-2H3;1H/t18-;/m0./s1. The number of carbonyl (C=O) groups is 2. The average Bonchev–Trinajstić information content (AvgIpc) is 2.77. The van der Waals surface area contributed by atoms with E-state index in [0.717, 1.165) is 12.1 Å². The highest BCUT2D eigenvalue weighted by atomic mass is 35.5. The summed E-state index contributed by atoms with van der Waals surface area (Å²) in [5, 5.41) is 0.493. The number of fused-ring (bicyclic) bond motifs is 1. The number of Topliss-reactive ketones (excluding diaryl/α,β-unsaturated/α-hetero) is 1. The third kappa shape index (κ3) is 6.30. The van der Waals surface area contributed by atoms with Gasteiger partial charge in [-0.3, -0.25) is 9.59 Å². The topological polar surface area (TPSA) is 107 Å². The molecule has 3 rings (SSSR count). The van der Waals surface area contributed by atoms with Crippen molar-refractivity contribution in [1.82, 2.24) is 0 Å². The van der Waals surface area contributed by atoms with Crippen molar-refractivity contribution in [2.45, 2.75) is 31.3 Å². The maximum atomic E-state index is 14.8. The van der Waals surface area contributed by atoms with Crippen molar-refractivity contribution in [1.29, 1.82) is 0 Å². The van der Waals surface area contributed by atoms with Crippen LogP contribution in [0.5, 0.6) is 0 Å². The second-order valence-corrected chi connectivity index (χ2v) is 10.5. The molecule has 0 aromatic heterocycles. The van der Waals surface area contributed by atoms with Crippen LogP contribution in [0.4, 0.5) is 10.1 Å². The van der Waals surface area contributed by atoms with Gasteiger partial charge in [0.2, 0.25) is 5.91 Å². The molecule has 0 fully saturated rings. The number of nitrogens with zero attached hydrogens (tertiary/aromatic N) is 1. The van der Waals surface area contributed by atoms with Crippen LogP contribution < -0.4 is 10.6 Å². The highest BCUT2D eigenvalue weighted by Gasteiger charge is 2.37. The van der Waals surface area contributed by atoms with Crippen LogP contribution in [-0.4, -0.2) is 45.1 Å². The molecule has 0 spiro atoms. The Bertz CT molecular complexity index is 1140. The van der Waals surface area contributed by atoms with E-state index in [1.54, 1.807) is 24.3 Å². The van der Waals surface area contributed by atoms with Gasteiger partial charge in [0.25, 0.3) is 0 Å². The van der Waals surface area contributed by atoms with E-state index < -0.39 is 39.1 Å². The molecule has 0 saturated carbocycles. The van der Waals surface area contributed by atoms with Gasteiger partial charge in [-0.05, 0) is 35.7 Å². The third-order valence-electron chi connectivity index (χ3n) is 4.90. The van der Waals surface area contributed by atoms with Gasteiger partial charge in [0.1, 0.15) is 12.4 Å². The Labute approximate surface area is 203 Å². The summed E-state index contributed by atoms with van der Waals surface area (Å²) in [7, 11) is -4.08. The lowest BCUT2D eigenvalue weighted by Crippen LogP contribution is -2.45. The lowest BCUT2D eigenvalue weighted by atomic mass is 10.1. The monoisotopic (exact) mass is 518 g/mol. The molecule has 7 nitrogen and oxygen atoms in total. The smallest absolute Gasteiger partial charge is 0.245 e. The van der Waals surface area contributed by atoms with Crippen LogP contribution in [0.25, 0.3) is 0 Å². The number of ether oxygens (including phenoxy) is 1. The number of sulfone groups is 1. The molecule has 1 aliphatic heterocycles. The molecule has 1 heterocycles. The number of halogens is 3. The van der Waals surface area contributed by atoms with Crippen molar-refractivity contribution >= 4 is 51.2 Å². The Hall–Kier alpha value is -2.04. The zero-order chi connectivity index (χ0) is 23.6. The third-order valence-corrected chi connectivity index (χ3v) is 6.94. The van der Waals surface area contributed by atoms with Gasteiger partial charge in [-0.1, -0.05) is 37.6 Å². The lowest BCUT2D eigenvalue weighted by Gasteiger charge is -2.25. The largest absolute Gasteiger partial charge is 0.373 e. The van der Waals surface area contributed by atoms with Crippen LogP contribution in [-0.2, 0) is 25.9 Å². The summed E-state index contributed by atoms with van der Waals surface area (Å²) >= 11 is 5.91. The number of nitrogens with two attached hydrogens (primary N) is 1. The fourth-order valence-electron chi connectivity index (χ4n) is 3.33. The number of amides is 1. The number of benzene rings is 2. The van der Waals surface area contributed by atoms with Gasteiger partial charge in [0, 0.05) is 11.6 Å². The fourth-order valence-corrected chi connectivity index (χ4v) is 5.03. The van der Waals surface area contributed by atoms with Gasteiger partial charge in [-0.25, -0.2) is 12.8 Å². The van der Waals surface area contributed by atoms with Gasteiger partial charge in [-0.2, -0.15) is 0 Å². The summed E-state index contributed by atoms with van der Waals surface area (Å²) in [6, 6.07) is 7.14. The van der Waals surface area contributed by atoms with E-state index in [4.69, 9.17) is 22.1 Å². The van der Waals surface area contributed by atoms with E-state index in [9.17, 15) is 22.4 Å². The zero-order valence-corrected chi connectivity index (χ0v) is 20.5. The number of carbonyl (C=O) groups excluding carboxylic acids is 2. The minimum atomic E-state index is -4.08. The molecule has 33 heavy (non-hydrogen) atoms. The molecule has 0 radical (unpaired) electrons. The van der Waals surface area contributed by atoms with Crippen LogP contribution in [0.1, 0.15) is 29.8 Å². The summed E-state index contributed by atoms with van der Waals surface area (Å²) < 4.78 is 45.7. The van der Waals surface area contributed by atoms with Crippen molar-refractivity contribution < 1.29 is 27.1 Å². The lowest BCUT2D eigenvalue weighted by molar-refractivity contribution is -0.119. The van der Waals surface area contributed by atoms with Crippen molar-refractivity contribution in [2.75, 3.05) is 23.9 Å². The van der Waals surface area contributed by atoms with E-state index >= 15 is 0 Å². The molecule has 1 aliphatic rings. The number of rotatable bonds is 7. The van der Waals surface area contributed by atoms with Gasteiger partial charge < -0.3 is 15.4 Å². The van der Waals surface area contributed by atoms with Gasteiger partial charge in [0.05, 0.1) is 34.5 Å². The second kappa shape index (κ2) is 10.9. The molecule has 0 bridgehead atoms. The predicted molar refractivity (Wildman–Crippen MR) is 126 cm³/mol. The Kier molecular flexibility index (Phi) is 9.01. The van der Waals surface area contributed by atoms with E-state index in [-0.39, 0.29) is 47.6 Å². The molecule has 2 aromatic carbocycles. The number of ketones is 1. The minimum Gasteiger partial charge on any atom is -0.373 e. The summed E-state index contributed by atoms with van der Waals surface area (Å²) in [5.74, 6) is -2.79. The maximum absolute atomic E-state index is 14.8. The van der Waals surface area contributed by atoms with Gasteiger partial charge in [-0.15, -0.1) is 12.4 Å². The number of hydrogen-bond acceptors (Lipinski definition) is 6. The fraction of sp³-hybridized carbons (Fsp3) is 0.364. The van der Waals surface area contributed by atoms with Crippen molar-refractivity contribution in [3.8, 4) is 0 Å². The quantitative estimate of drug-likeness (QED) is 0.562. The van der Waals surface area contributed by atoms with E-state index in [0.29, 0.717) is 17.2 Å². The normalized spacial score (nSPS) is 17.3. The highest BCUT2D eigenvalue weighted by Crippen LogP contribution is 2.34. The SMILES string of the molecule is CC(C)COCC(=O)c1cc2c(cc1F)S(=O)(=O)C[C@H](N)C(=O)N2Cc1ccc(Cl)cc1.Cl. The van der Waals surface area contributed by atoms with Crippen molar-refractivity contribution in [2.24, 2.45) is 11.7 Å². The summed E-state index contributed by atoms with van der Waals surface area (Å²) in [6.07, 6.45) is 0. The number of hydrogen-bond donors (Lipinski definition) is 1. The average molecular weight is 519 g/mol. The Morgan fingerprint density at radius 2 is 1.91 bits per heavy atom. The Morgan fingerprint density at radius 3 is 2.52 bits per heavy atom. The van der Waals surface area contributed by atoms with Crippen LogP contribution in [0.3, 0.4) is 0 Å². The van der Waals surface area contributed by atoms with Crippen LogP contribution >= 0.6 is 24.0 Å². The molecule has 0 unspecified atom stereocenters. The molecule has 11 heteroatoms. The molecule has 180 valence electrons. The maximum Gasteiger partial charge on any atom is 0.245 e. The first-order chi connectivity index (χ1) is 15.0. The van der Waals surface area contributed by atoms with E-state index in [1.165, 1.54) is 4.90 Å². The minimum absolute atomic E-state index is 0.